The molecule has 0 saturated heterocycles. The summed E-state index contributed by atoms with van der Waals surface area (Å²) in [7, 11) is 0. The van der Waals surface area contributed by atoms with E-state index in [4.69, 9.17) is 11.6 Å². The monoisotopic (exact) mass is 180 g/mol. The van der Waals surface area contributed by atoms with Crippen LogP contribution in [0.4, 0.5) is 0 Å². The fourth-order valence-corrected chi connectivity index (χ4v) is 1.00. The third kappa shape index (κ3) is 1.93. The molecular formula is C10H9ClO. The van der Waals surface area contributed by atoms with Crippen molar-refractivity contribution in [3.8, 4) is 17.6 Å². The first-order valence-corrected chi connectivity index (χ1v) is 4.12. The van der Waals surface area contributed by atoms with Crippen LogP contribution in [-0.2, 0) is 0 Å². The number of aromatic hydroxyl groups is 1. The van der Waals surface area contributed by atoms with Crippen molar-refractivity contribution in [3.05, 3.63) is 29.3 Å². The van der Waals surface area contributed by atoms with Gasteiger partial charge in [-0.25, -0.2) is 0 Å². The maximum atomic E-state index is 9.37. The quantitative estimate of drug-likeness (QED) is 0.480. The third-order valence-corrected chi connectivity index (χ3v) is 1.66. The molecule has 0 amide bonds. The zero-order valence-electron chi connectivity index (χ0n) is 6.76. The molecule has 12 heavy (non-hydrogen) atoms. The first kappa shape index (κ1) is 8.96. The van der Waals surface area contributed by atoms with Crippen molar-refractivity contribution in [3.63, 3.8) is 0 Å². The zero-order chi connectivity index (χ0) is 8.97. The molecule has 0 saturated carbocycles. The molecule has 0 spiro atoms. The Morgan fingerprint density at radius 1 is 1.50 bits per heavy atom. The lowest BCUT2D eigenvalue weighted by molar-refractivity contribution is 0.473. The number of hydrogen-bond donors (Lipinski definition) is 1. The highest BCUT2D eigenvalue weighted by Gasteiger charge is 1.98. The van der Waals surface area contributed by atoms with E-state index in [2.05, 4.69) is 11.8 Å². The lowest BCUT2D eigenvalue weighted by atomic mass is 10.1. The summed E-state index contributed by atoms with van der Waals surface area (Å²) in [4.78, 5) is 0. The second-order valence-electron chi connectivity index (χ2n) is 2.40. The highest BCUT2D eigenvalue weighted by molar-refractivity contribution is 6.19. The smallest absolute Gasteiger partial charge is 0.131 e. The van der Waals surface area contributed by atoms with Crippen LogP contribution in [0.1, 0.15) is 11.1 Å². The van der Waals surface area contributed by atoms with Crippen molar-refractivity contribution < 1.29 is 5.11 Å². The van der Waals surface area contributed by atoms with E-state index >= 15 is 0 Å². The molecule has 0 aromatic heterocycles. The molecule has 1 nitrogen and oxygen atoms in total. The number of halogens is 1. The maximum Gasteiger partial charge on any atom is 0.131 e. The van der Waals surface area contributed by atoms with Crippen LogP contribution in [0.3, 0.4) is 0 Å². The minimum atomic E-state index is 0.215. The normalized spacial score (nSPS) is 8.83. The zero-order valence-corrected chi connectivity index (χ0v) is 7.52. The summed E-state index contributed by atoms with van der Waals surface area (Å²) in [5.74, 6) is 6.00. The Morgan fingerprint density at radius 2 is 2.25 bits per heavy atom. The van der Waals surface area contributed by atoms with Gasteiger partial charge >= 0.3 is 0 Å². The molecule has 0 fully saturated rings. The Labute approximate surface area is 77.0 Å². The number of hydrogen-bond acceptors (Lipinski definition) is 1. The van der Waals surface area contributed by atoms with Crippen molar-refractivity contribution in [2.75, 3.05) is 5.88 Å². The van der Waals surface area contributed by atoms with Crippen LogP contribution in [0.25, 0.3) is 0 Å². The van der Waals surface area contributed by atoms with Gasteiger partial charge in [0.05, 0.1) is 11.4 Å². The Kier molecular flexibility index (Phi) is 3.01. The minimum Gasteiger partial charge on any atom is -0.507 e. The first-order chi connectivity index (χ1) is 5.75. The Morgan fingerprint density at radius 3 is 2.83 bits per heavy atom. The van der Waals surface area contributed by atoms with Crippen LogP contribution in [0.2, 0.25) is 0 Å². The summed E-state index contributed by atoms with van der Waals surface area (Å²) >= 11 is 5.40. The van der Waals surface area contributed by atoms with Gasteiger partial charge in [0, 0.05) is 0 Å². The van der Waals surface area contributed by atoms with Gasteiger partial charge in [-0.1, -0.05) is 24.0 Å². The summed E-state index contributed by atoms with van der Waals surface area (Å²) < 4.78 is 0. The topological polar surface area (TPSA) is 20.2 Å². The van der Waals surface area contributed by atoms with Gasteiger partial charge in [-0.15, -0.1) is 11.6 Å². The molecule has 2 heteroatoms. The van der Waals surface area contributed by atoms with E-state index in [1.807, 2.05) is 13.0 Å². The van der Waals surface area contributed by atoms with Gasteiger partial charge in [0.15, 0.2) is 0 Å². The number of benzene rings is 1. The molecule has 0 aliphatic rings. The molecule has 62 valence electrons. The largest absolute Gasteiger partial charge is 0.507 e. The number of phenolic OH excluding ortho intramolecular Hbond substituents is 1. The van der Waals surface area contributed by atoms with E-state index in [0.717, 1.165) is 5.56 Å². The molecule has 0 radical (unpaired) electrons. The van der Waals surface area contributed by atoms with Crippen LogP contribution in [0, 0.1) is 18.8 Å². The van der Waals surface area contributed by atoms with E-state index in [1.165, 1.54) is 0 Å². The molecule has 0 unspecified atom stereocenters. The highest BCUT2D eigenvalue weighted by atomic mass is 35.5. The van der Waals surface area contributed by atoms with Crippen molar-refractivity contribution in [1.29, 1.82) is 0 Å². The average Bonchev–Trinajstić information content (AvgIpc) is 2.04. The predicted molar refractivity (Wildman–Crippen MR) is 50.4 cm³/mol. The number of rotatable bonds is 0. The van der Waals surface area contributed by atoms with Gasteiger partial charge in [0.2, 0.25) is 0 Å². The molecule has 0 aliphatic heterocycles. The fraction of sp³-hybridized carbons (Fsp3) is 0.200. The van der Waals surface area contributed by atoms with E-state index in [1.54, 1.807) is 12.1 Å². The van der Waals surface area contributed by atoms with E-state index in [0.29, 0.717) is 5.56 Å². The van der Waals surface area contributed by atoms with Crippen LogP contribution >= 0.6 is 11.6 Å². The standard InChI is InChI=1S/C10H9ClO/c1-8-4-2-6-10(12)9(8)5-3-7-11/h2,4,6,12H,7H2,1H3. The van der Waals surface area contributed by atoms with E-state index in [-0.39, 0.29) is 11.6 Å². The Bertz CT molecular complexity index is 313. The SMILES string of the molecule is Cc1cccc(O)c1C#CCCl. The molecule has 0 heterocycles. The molecule has 1 N–H and O–H groups in total. The van der Waals surface area contributed by atoms with Gasteiger partial charge in [-0.2, -0.15) is 0 Å². The lowest BCUT2D eigenvalue weighted by Crippen LogP contribution is -1.82. The molecule has 1 aromatic carbocycles. The van der Waals surface area contributed by atoms with Crippen LogP contribution < -0.4 is 0 Å². The van der Waals surface area contributed by atoms with Crippen molar-refractivity contribution in [2.24, 2.45) is 0 Å². The summed E-state index contributed by atoms with van der Waals surface area (Å²) in [6.45, 7) is 1.90. The summed E-state index contributed by atoms with van der Waals surface area (Å²) in [6.07, 6.45) is 0. The molecule has 0 aliphatic carbocycles. The third-order valence-electron chi connectivity index (χ3n) is 1.53. The van der Waals surface area contributed by atoms with Gasteiger partial charge in [-0.05, 0) is 18.6 Å². The first-order valence-electron chi connectivity index (χ1n) is 3.59. The molecule has 1 aromatic rings. The molecule has 0 atom stereocenters. The number of phenols is 1. The molecule has 0 bridgehead atoms. The Balaban J connectivity index is 3.13. The van der Waals surface area contributed by atoms with Gasteiger partial charge < -0.3 is 5.11 Å². The lowest BCUT2D eigenvalue weighted by Gasteiger charge is -1.99. The van der Waals surface area contributed by atoms with Crippen LogP contribution in [0.15, 0.2) is 18.2 Å². The van der Waals surface area contributed by atoms with Crippen molar-refractivity contribution in [2.45, 2.75) is 6.92 Å². The van der Waals surface area contributed by atoms with E-state index in [9.17, 15) is 5.11 Å². The number of alkyl halides is 1. The summed E-state index contributed by atoms with van der Waals surface area (Å²) in [5.41, 5.74) is 1.63. The second kappa shape index (κ2) is 4.04. The van der Waals surface area contributed by atoms with Crippen LogP contribution in [-0.4, -0.2) is 11.0 Å². The highest BCUT2D eigenvalue weighted by Crippen LogP contribution is 2.18. The van der Waals surface area contributed by atoms with Gasteiger partial charge in [0.1, 0.15) is 5.75 Å². The van der Waals surface area contributed by atoms with Gasteiger partial charge in [-0.3, -0.25) is 0 Å². The summed E-state index contributed by atoms with van der Waals surface area (Å²) in [5, 5.41) is 9.37. The maximum absolute atomic E-state index is 9.37. The summed E-state index contributed by atoms with van der Waals surface area (Å²) in [6, 6.07) is 5.31. The number of aryl methyl sites for hydroxylation is 1. The molecular weight excluding hydrogens is 172 g/mol. The average molecular weight is 181 g/mol. The van der Waals surface area contributed by atoms with Crippen LogP contribution in [0.5, 0.6) is 5.75 Å². The second-order valence-corrected chi connectivity index (χ2v) is 2.67. The molecule has 1 rings (SSSR count). The predicted octanol–water partition coefficient (Wildman–Crippen LogP) is 2.29. The van der Waals surface area contributed by atoms with Gasteiger partial charge in [0.25, 0.3) is 0 Å². The Hall–Kier alpha value is -1.13. The van der Waals surface area contributed by atoms with E-state index < -0.39 is 0 Å². The fourth-order valence-electron chi connectivity index (χ4n) is 0.937. The van der Waals surface area contributed by atoms with Crippen molar-refractivity contribution >= 4 is 11.6 Å². The minimum absolute atomic E-state index is 0.215. The van der Waals surface area contributed by atoms with Crippen molar-refractivity contribution in [1.82, 2.24) is 0 Å².